The second-order valence-corrected chi connectivity index (χ2v) is 12.4. The van der Waals surface area contributed by atoms with E-state index < -0.39 is 0 Å². The number of carbonyl (C=O) groups is 3. The smallest absolute Gasteiger partial charge is 0.329 e. The molecule has 3 aliphatic rings. The molecule has 0 atom stereocenters. The van der Waals surface area contributed by atoms with Crippen LogP contribution in [0.2, 0.25) is 0 Å². The number of pyridine rings is 1. The van der Waals surface area contributed by atoms with Crippen LogP contribution in [0.4, 0.5) is 5.82 Å². The summed E-state index contributed by atoms with van der Waals surface area (Å²) in [6.45, 7) is 4.59. The molecule has 0 unspecified atom stereocenters. The van der Waals surface area contributed by atoms with Gasteiger partial charge in [0.05, 0.1) is 35.3 Å². The van der Waals surface area contributed by atoms with Gasteiger partial charge in [-0.1, -0.05) is 30.3 Å². The average Bonchev–Trinajstić information content (AvgIpc) is 3.52. The monoisotopic (exact) mass is 622 g/mol. The quantitative estimate of drug-likeness (QED) is 0.276. The Bertz CT molecular complexity index is 1800. The lowest BCUT2D eigenvalue weighted by Gasteiger charge is -2.37. The SMILES string of the molecule is COCCn1c(=O)n(C2CCN(C(=O)C3CCN(Cc4ccc(N5C(=O)c6ccccc6C5=O)nc4)CC3)CC2)c2ccccc21. The molecule has 0 spiro atoms. The van der Waals surface area contributed by atoms with E-state index >= 15 is 0 Å². The first kappa shape index (κ1) is 30.1. The van der Waals surface area contributed by atoms with Crippen LogP contribution in [0.1, 0.15) is 58.0 Å². The van der Waals surface area contributed by atoms with Crippen LogP contribution in [0.5, 0.6) is 0 Å². The highest BCUT2D eigenvalue weighted by molar-refractivity contribution is 6.34. The van der Waals surface area contributed by atoms with Gasteiger partial charge in [-0.05, 0) is 74.7 Å². The lowest BCUT2D eigenvalue weighted by Crippen LogP contribution is -2.46. The first-order chi connectivity index (χ1) is 22.4. The predicted octanol–water partition coefficient (Wildman–Crippen LogP) is 3.72. The van der Waals surface area contributed by atoms with Gasteiger partial charge < -0.3 is 9.64 Å². The molecule has 0 radical (unpaired) electrons. The number of ether oxygens (including phenoxy) is 1. The fraction of sp³-hybridized carbons (Fsp3) is 0.400. The molecule has 238 valence electrons. The molecular weight excluding hydrogens is 584 g/mol. The summed E-state index contributed by atoms with van der Waals surface area (Å²) < 4.78 is 8.95. The van der Waals surface area contributed by atoms with Crippen molar-refractivity contribution in [3.05, 3.63) is 94.0 Å². The number of fused-ring (bicyclic) bond motifs is 2. The summed E-state index contributed by atoms with van der Waals surface area (Å²) in [4.78, 5) is 62.4. The second-order valence-electron chi connectivity index (χ2n) is 12.4. The number of rotatable bonds is 8. The van der Waals surface area contributed by atoms with Crippen LogP contribution in [0.25, 0.3) is 11.0 Å². The van der Waals surface area contributed by atoms with E-state index in [2.05, 4.69) is 9.88 Å². The first-order valence-corrected chi connectivity index (χ1v) is 16.1. The topological polar surface area (TPSA) is 110 Å². The van der Waals surface area contributed by atoms with Crippen LogP contribution in [0.15, 0.2) is 71.7 Å². The van der Waals surface area contributed by atoms with E-state index in [9.17, 15) is 19.2 Å². The maximum atomic E-state index is 13.5. The minimum atomic E-state index is -0.351. The van der Waals surface area contributed by atoms with Crippen molar-refractivity contribution in [1.82, 2.24) is 23.9 Å². The molecule has 11 nitrogen and oxygen atoms in total. The molecule has 2 aromatic carbocycles. The Kier molecular flexibility index (Phi) is 8.27. The summed E-state index contributed by atoms with van der Waals surface area (Å²) >= 11 is 0. The number of carbonyl (C=O) groups excluding carboxylic acids is 3. The number of hydrogen-bond donors (Lipinski definition) is 0. The highest BCUT2D eigenvalue weighted by Gasteiger charge is 2.37. The number of nitrogens with zero attached hydrogens (tertiary/aromatic N) is 6. The van der Waals surface area contributed by atoms with Gasteiger partial charge in [0.2, 0.25) is 5.91 Å². The lowest BCUT2D eigenvalue weighted by atomic mass is 9.93. The molecule has 5 heterocycles. The Morgan fingerprint density at radius 3 is 2.11 bits per heavy atom. The number of likely N-dealkylation sites (tertiary alicyclic amines) is 2. The summed E-state index contributed by atoms with van der Waals surface area (Å²) in [7, 11) is 1.64. The zero-order valence-corrected chi connectivity index (χ0v) is 26.0. The molecule has 46 heavy (non-hydrogen) atoms. The zero-order valence-electron chi connectivity index (χ0n) is 26.0. The van der Waals surface area contributed by atoms with Gasteiger partial charge in [-0.3, -0.25) is 28.4 Å². The number of imide groups is 1. The van der Waals surface area contributed by atoms with E-state index in [4.69, 9.17) is 4.74 Å². The predicted molar refractivity (Wildman–Crippen MR) is 173 cm³/mol. The van der Waals surface area contributed by atoms with Crippen LogP contribution in [-0.2, 0) is 22.6 Å². The van der Waals surface area contributed by atoms with Crippen LogP contribution in [0, 0.1) is 5.92 Å². The highest BCUT2D eigenvalue weighted by Crippen LogP contribution is 2.30. The summed E-state index contributed by atoms with van der Waals surface area (Å²) in [6, 6.07) is 18.4. The van der Waals surface area contributed by atoms with Gasteiger partial charge in [-0.25, -0.2) is 14.7 Å². The minimum absolute atomic E-state index is 0.000745. The van der Waals surface area contributed by atoms with Crippen molar-refractivity contribution in [2.24, 2.45) is 5.92 Å². The van der Waals surface area contributed by atoms with Gasteiger partial charge in [0.1, 0.15) is 5.82 Å². The number of para-hydroxylation sites is 2. The van der Waals surface area contributed by atoms with Crippen LogP contribution in [-0.4, -0.2) is 81.5 Å². The van der Waals surface area contributed by atoms with Crippen molar-refractivity contribution in [2.75, 3.05) is 44.8 Å². The Morgan fingerprint density at radius 2 is 1.48 bits per heavy atom. The van der Waals surface area contributed by atoms with Crippen molar-refractivity contribution in [3.63, 3.8) is 0 Å². The molecule has 3 aliphatic heterocycles. The number of hydrogen-bond acceptors (Lipinski definition) is 7. The third-order valence-electron chi connectivity index (χ3n) is 9.70. The standard InChI is InChI=1S/C35H38N6O5/c1-46-21-20-39-29-8-4-5-9-30(29)40(35(39)45)26-14-18-38(19-15-26)32(42)25-12-16-37(17-13-25)23-24-10-11-31(36-22-24)41-33(43)27-6-2-3-7-28(27)34(41)44/h2-11,22,25-26H,12-21,23H2,1H3. The van der Waals surface area contributed by atoms with Gasteiger partial charge in [0.15, 0.2) is 0 Å². The van der Waals surface area contributed by atoms with Gasteiger partial charge in [0.25, 0.3) is 11.8 Å². The highest BCUT2D eigenvalue weighted by atomic mass is 16.5. The van der Waals surface area contributed by atoms with Crippen LogP contribution >= 0.6 is 0 Å². The van der Waals surface area contributed by atoms with Crippen molar-refractivity contribution in [1.29, 1.82) is 0 Å². The van der Waals surface area contributed by atoms with Crippen molar-refractivity contribution < 1.29 is 19.1 Å². The van der Waals surface area contributed by atoms with Gasteiger partial charge in [-0.2, -0.15) is 0 Å². The number of methoxy groups -OCH3 is 1. The summed E-state index contributed by atoms with van der Waals surface area (Å²) in [5.74, 6) is -0.155. The molecule has 2 aromatic heterocycles. The van der Waals surface area contributed by atoms with Crippen LogP contribution < -0.4 is 10.6 Å². The largest absolute Gasteiger partial charge is 0.383 e. The second kappa shape index (κ2) is 12.6. The average molecular weight is 623 g/mol. The number of imidazole rings is 1. The van der Waals surface area contributed by atoms with E-state index in [-0.39, 0.29) is 35.4 Å². The third kappa shape index (κ3) is 5.43. The number of piperidine rings is 2. The summed E-state index contributed by atoms with van der Waals surface area (Å²) in [5.41, 5.74) is 3.64. The summed E-state index contributed by atoms with van der Waals surface area (Å²) in [6.07, 6.45) is 4.83. The Labute approximate surface area is 267 Å². The maximum absolute atomic E-state index is 13.5. The Balaban J connectivity index is 0.917. The molecule has 11 heteroatoms. The molecule has 2 fully saturated rings. The van der Waals surface area contributed by atoms with E-state index in [0.717, 1.165) is 60.3 Å². The number of anilines is 1. The molecule has 4 aromatic rings. The number of benzene rings is 2. The van der Waals surface area contributed by atoms with Crippen LogP contribution in [0.3, 0.4) is 0 Å². The van der Waals surface area contributed by atoms with Crippen molar-refractivity contribution >= 4 is 34.6 Å². The van der Waals surface area contributed by atoms with Crippen molar-refractivity contribution in [2.45, 2.75) is 44.8 Å². The molecular formula is C35H38N6O5. The number of amides is 3. The zero-order chi connectivity index (χ0) is 31.8. The Hall–Kier alpha value is -4.61. The fourth-order valence-corrected chi connectivity index (χ4v) is 7.22. The molecule has 0 N–H and O–H groups in total. The van der Waals surface area contributed by atoms with Gasteiger partial charge in [-0.15, -0.1) is 0 Å². The fourth-order valence-electron chi connectivity index (χ4n) is 7.22. The molecule has 0 saturated carbocycles. The first-order valence-electron chi connectivity index (χ1n) is 16.1. The van der Waals surface area contributed by atoms with E-state index in [1.165, 1.54) is 0 Å². The van der Waals surface area contributed by atoms with Crippen molar-refractivity contribution in [3.8, 4) is 0 Å². The molecule has 0 bridgehead atoms. The number of aromatic nitrogens is 3. The van der Waals surface area contributed by atoms with E-state index in [0.29, 0.717) is 49.7 Å². The van der Waals surface area contributed by atoms with Gasteiger partial charge >= 0.3 is 5.69 Å². The normalized spacial score (nSPS) is 18.1. The molecule has 2 saturated heterocycles. The molecule has 7 rings (SSSR count). The maximum Gasteiger partial charge on any atom is 0.329 e. The third-order valence-corrected chi connectivity index (χ3v) is 9.70. The van der Waals surface area contributed by atoms with E-state index in [1.54, 1.807) is 48.2 Å². The Morgan fingerprint density at radius 1 is 0.826 bits per heavy atom. The summed E-state index contributed by atoms with van der Waals surface area (Å²) in [5, 5.41) is 0. The molecule has 0 aliphatic carbocycles. The molecule has 3 amide bonds. The minimum Gasteiger partial charge on any atom is -0.383 e. The van der Waals surface area contributed by atoms with E-state index in [1.807, 2.05) is 39.8 Å². The lowest BCUT2D eigenvalue weighted by molar-refractivity contribution is -0.138. The van der Waals surface area contributed by atoms with Gasteiger partial charge in [0, 0.05) is 44.9 Å².